The predicted molar refractivity (Wildman–Crippen MR) is 60.9 cm³/mol. The molecule has 0 unspecified atom stereocenters. The van der Waals surface area contributed by atoms with E-state index in [-0.39, 0.29) is 11.6 Å². The Morgan fingerprint density at radius 2 is 2.27 bits per heavy atom. The molecular weight excluding hydrogens is 193 g/mol. The molecular formula is C12H16FNO. The zero-order valence-corrected chi connectivity index (χ0v) is 9.14. The summed E-state index contributed by atoms with van der Waals surface area (Å²) in [7, 11) is 1.45. The number of hydrogen-bond acceptors (Lipinski definition) is 2. The Morgan fingerprint density at radius 1 is 1.53 bits per heavy atom. The lowest BCUT2D eigenvalue weighted by molar-refractivity contribution is 0.386. The third-order valence-corrected chi connectivity index (χ3v) is 2.19. The van der Waals surface area contributed by atoms with Crippen molar-refractivity contribution < 1.29 is 9.13 Å². The average molecular weight is 209 g/mol. The minimum absolute atomic E-state index is 0.259. The van der Waals surface area contributed by atoms with Crippen molar-refractivity contribution in [1.82, 2.24) is 0 Å². The van der Waals surface area contributed by atoms with E-state index in [1.165, 1.54) is 13.2 Å². The molecule has 2 nitrogen and oxygen atoms in total. The van der Waals surface area contributed by atoms with Gasteiger partial charge in [0.25, 0.3) is 0 Å². The van der Waals surface area contributed by atoms with Crippen molar-refractivity contribution in [3.05, 3.63) is 36.2 Å². The van der Waals surface area contributed by atoms with E-state index < -0.39 is 0 Å². The fourth-order valence-electron chi connectivity index (χ4n) is 1.13. The first kappa shape index (κ1) is 11.6. The summed E-state index contributed by atoms with van der Waals surface area (Å²) >= 11 is 0. The molecule has 1 rings (SSSR count). The number of halogens is 1. The zero-order valence-electron chi connectivity index (χ0n) is 9.14. The van der Waals surface area contributed by atoms with Gasteiger partial charge in [0.15, 0.2) is 11.6 Å². The second kappa shape index (κ2) is 5.39. The molecule has 0 aliphatic heterocycles. The summed E-state index contributed by atoms with van der Waals surface area (Å²) in [6.07, 6.45) is 0.922. The molecule has 0 saturated carbocycles. The van der Waals surface area contributed by atoms with Crippen LogP contribution in [-0.4, -0.2) is 13.7 Å². The van der Waals surface area contributed by atoms with E-state index in [9.17, 15) is 4.39 Å². The van der Waals surface area contributed by atoms with Crippen LogP contribution in [0.4, 0.5) is 10.1 Å². The topological polar surface area (TPSA) is 21.3 Å². The number of ether oxygens (including phenoxy) is 1. The molecule has 0 aliphatic rings. The van der Waals surface area contributed by atoms with Crippen molar-refractivity contribution in [2.24, 2.45) is 0 Å². The standard InChI is InChI=1S/C12H16FNO/c1-4-9(2)8-14-10-5-6-12(15-3)11(13)7-10/h5-7,14H,2,4,8H2,1,3H3. The molecule has 3 heteroatoms. The maximum atomic E-state index is 13.3. The maximum absolute atomic E-state index is 13.3. The molecule has 1 N–H and O–H groups in total. The van der Waals surface area contributed by atoms with Gasteiger partial charge in [-0.05, 0) is 18.6 Å². The van der Waals surface area contributed by atoms with Gasteiger partial charge in [-0.25, -0.2) is 4.39 Å². The van der Waals surface area contributed by atoms with Crippen LogP contribution in [-0.2, 0) is 0 Å². The van der Waals surface area contributed by atoms with E-state index in [0.717, 1.165) is 17.7 Å². The van der Waals surface area contributed by atoms with Gasteiger partial charge < -0.3 is 10.1 Å². The minimum atomic E-state index is -0.357. The molecule has 0 aliphatic carbocycles. The highest BCUT2D eigenvalue weighted by Gasteiger charge is 2.02. The third kappa shape index (κ3) is 3.27. The van der Waals surface area contributed by atoms with E-state index in [1.54, 1.807) is 12.1 Å². The summed E-state index contributed by atoms with van der Waals surface area (Å²) < 4.78 is 18.1. The minimum Gasteiger partial charge on any atom is -0.494 e. The Labute approximate surface area is 89.8 Å². The van der Waals surface area contributed by atoms with Crippen LogP contribution in [0.3, 0.4) is 0 Å². The van der Waals surface area contributed by atoms with E-state index in [4.69, 9.17) is 4.74 Å². The Bertz CT molecular complexity index is 349. The lowest BCUT2D eigenvalue weighted by Crippen LogP contribution is -2.03. The van der Waals surface area contributed by atoms with Crippen LogP contribution in [0.5, 0.6) is 5.75 Å². The van der Waals surface area contributed by atoms with Crippen LogP contribution in [0.1, 0.15) is 13.3 Å². The number of benzene rings is 1. The molecule has 0 radical (unpaired) electrons. The fourth-order valence-corrected chi connectivity index (χ4v) is 1.13. The van der Waals surface area contributed by atoms with E-state index in [2.05, 4.69) is 11.9 Å². The molecule has 1 aromatic rings. The number of rotatable bonds is 5. The van der Waals surface area contributed by atoms with Crippen molar-refractivity contribution in [2.75, 3.05) is 19.0 Å². The Kier molecular flexibility index (Phi) is 4.16. The lowest BCUT2D eigenvalue weighted by atomic mass is 10.2. The molecule has 0 amide bonds. The SMILES string of the molecule is C=C(CC)CNc1ccc(OC)c(F)c1. The first-order chi connectivity index (χ1) is 7.17. The molecule has 0 spiro atoms. The molecule has 0 saturated heterocycles. The van der Waals surface area contributed by atoms with Crippen molar-refractivity contribution in [3.8, 4) is 5.75 Å². The van der Waals surface area contributed by atoms with Crippen LogP contribution in [0.25, 0.3) is 0 Å². The van der Waals surface area contributed by atoms with Gasteiger partial charge in [0.2, 0.25) is 0 Å². The van der Waals surface area contributed by atoms with Crippen LogP contribution >= 0.6 is 0 Å². The Hall–Kier alpha value is -1.51. The number of anilines is 1. The van der Waals surface area contributed by atoms with Gasteiger partial charge in [-0.2, -0.15) is 0 Å². The molecule has 0 aromatic heterocycles. The second-order valence-electron chi connectivity index (χ2n) is 3.31. The summed E-state index contributed by atoms with van der Waals surface area (Å²) in [5, 5.41) is 3.09. The summed E-state index contributed by atoms with van der Waals surface area (Å²) in [4.78, 5) is 0. The third-order valence-electron chi connectivity index (χ3n) is 2.19. The monoisotopic (exact) mass is 209 g/mol. The van der Waals surface area contributed by atoms with Crippen molar-refractivity contribution in [1.29, 1.82) is 0 Å². The molecule has 15 heavy (non-hydrogen) atoms. The first-order valence-corrected chi connectivity index (χ1v) is 4.91. The molecule has 1 aromatic carbocycles. The number of nitrogens with one attached hydrogen (secondary N) is 1. The summed E-state index contributed by atoms with van der Waals surface area (Å²) in [5.74, 6) is -0.0977. The van der Waals surface area contributed by atoms with Gasteiger partial charge in [-0.3, -0.25) is 0 Å². The van der Waals surface area contributed by atoms with Crippen LogP contribution in [0.15, 0.2) is 30.4 Å². The predicted octanol–water partition coefficient (Wildman–Crippen LogP) is 3.21. The molecule has 0 atom stereocenters. The highest BCUT2D eigenvalue weighted by molar-refractivity contribution is 5.48. The van der Waals surface area contributed by atoms with Crippen molar-refractivity contribution in [2.45, 2.75) is 13.3 Å². The van der Waals surface area contributed by atoms with Gasteiger partial charge >= 0.3 is 0 Å². The fraction of sp³-hybridized carbons (Fsp3) is 0.333. The van der Waals surface area contributed by atoms with Gasteiger partial charge in [0, 0.05) is 18.3 Å². The quantitative estimate of drug-likeness (QED) is 0.752. The lowest BCUT2D eigenvalue weighted by Gasteiger charge is -2.08. The maximum Gasteiger partial charge on any atom is 0.167 e. The first-order valence-electron chi connectivity index (χ1n) is 4.91. The number of hydrogen-bond donors (Lipinski definition) is 1. The van der Waals surface area contributed by atoms with E-state index in [0.29, 0.717) is 6.54 Å². The van der Waals surface area contributed by atoms with Gasteiger partial charge in [0.1, 0.15) is 0 Å². The van der Waals surface area contributed by atoms with E-state index in [1.807, 2.05) is 6.92 Å². The van der Waals surface area contributed by atoms with Crippen LogP contribution < -0.4 is 10.1 Å². The van der Waals surface area contributed by atoms with Crippen molar-refractivity contribution >= 4 is 5.69 Å². The zero-order chi connectivity index (χ0) is 11.3. The highest BCUT2D eigenvalue weighted by Crippen LogP contribution is 2.20. The van der Waals surface area contributed by atoms with Gasteiger partial charge in [-0.1, -0.05) is 19.1 Å². The summed E-state index contributed by atoms with van der Waals surface area (Å²) in [6.45, 7) is 6.57. The summed E-state index contributed by atoms with van der Waals surface area (Å²) in [6, 6.07) is 4.80. The van der Waals surface area contributed by atoms with Crippen molar-refractivity contribution in [3.63, 3.8) is 0 Å². The molecule has 0 fully saturated rings. The van der Waals surface area contributed by atoms with Crippen LogP contribution in [0.2, 0.25) is 0 Å². The second-order valence-corrected chi connectivity index (χ2v) is 3.31. The number of methoxy groups -OCH3 is 1. The normalized spacial score (nSPS) is 9.80. The Morgan fingerprint density at radius 3 is 2.80 bits per heavy atom. The van der Waals surface area contributed by atoms with Gasteiger partial charge in [-0.15, -0.1) is 0 Å². The highest BCUT2D eigenvalue weighted by atomic mass is 19.1. The average Bonchev–Trinajstić information content (AvgIpc) is 2.26. The molecule has 82 valence electrons. The molecule has 0 bridgehead atoms. The molecule has 0 heterocycles. The Balaban J connectivity index is 2.63. The smallest absolute Gasteiger partial charge is 0.167 e. The largest absolute Gasteiger partial charge is 0.494 e. The van der Waals surface area contributed by atoms with Gasteiger partial charge in [0.05, 0.1) is 7.11 Å². The van der Waals surface area contributed by atoms with Crippen LogP contribution in [0, 0.1) is 5.82 Å². The summed E-state index contributed by atoms with van der Waals surface area (Å²) in [5.41, 5.74) is 1.83. The van der Waals surface area contributed by atoms with E-state index >= 15 is 0 Å².